The van der Waals surface area contributed by atoms with Crippen molar-refractivity contribution in [3.05, 3.63) is 17.0 Å². The maximum Gasteiger partial charge on any atom is 0.0628 e. The van der Waals surface area contributed by atoms with Gasteiger partial charge in [0.2, 0.25) is 0 Å². The lowest BCUT2D eigenvalue weighted by atomic mass is 10.0. The van der Waals surface area contributed by atoms with Crippen molar-refractivity contribution in [2.24, 2.45) is 7.05 Å². The molecule has 1 N–H and O–H groups in total. The van der Waals surface area contributed by atoms with Crippen molar-refractivity contribution in [2.75, 3.05) is 13.7 Å². The van der Waals surface area contributed by atoms with Crippen molar-refractivity contribution in [3.63, 3.8) is 0 Å². The molecule has 4 heteroatoms. The van der Waals surface area contributed by atoms with E-state index in [-0.39, 0.29) is 0 Å². The van der Waals surface area contributed by atoms with Crippen molar-refractivity contribution in [1.82, 2.24) is 15.1 Å². The molecule has 2 unspecified atom stereocenters. The van der Waals surface area contributed by atoms with Crippen molar-refractivity contribution < 1.29 is 4.74 Å². The highest BCUT2D eigenvalue weighted by molar-refractivity contribution is 5.25. The van der Waals surface area contributed by atoms with E-state index in [1.165, 1.54) is 11.3 Å². The standard InChI is InChI=1S/C14H27N3O/c1-7-13(9-18-6)15-10(2)8-14-11(3)16-17(5)12(14)4/h10,13,15H,7-9H2,1-6H3. The molecule has 104 valence electrons. The van der Waals surface area contributed by atoms with E-state index in [0.29, 0.717) is 12.1 Å². The maximum absolute atomic E-state index is 5.22. The van der Waals surface area contributed by atoms with Crippen LogP contribution in [0.3, 0.4) is 0 Å². The van der Waals surface area contributed by atoms with Gasteiger partial charge in [0.05, 0.1) is 12.3 Å². The van der Waals surface area contributed by atoms with Crippen LogP contribution in [0.4, 0.5) is 0 Å². The lowest BCUT2D eigenvalue weighted by Crippen LogP contribution is -2.40. The molecule has 1 heterocycles. The van der Waals surface area contributed by atoms with Gasteiger partial charge in [0.15, 0.2) is 0 Å². The van der Waals surface area contributed by atoms with Gasteiger partial charge in [-0.25, -0.2) is 0 Å². The fourth-order valence-electron chi connectivity index (χ4n) is 2.37. The Morgan fingerprint density at radius 3 is 2.50 bits per heavy atom. The number of hydrogen-bond donors (Lipinski definition) is 1. The molecular weight excluding hydrogens is 226 g/mol. The highest BCUT2D eigenvalue weighted by atomic mass is 16.5. The number of ether oxygens (including phenoxy) is 1. The zero-order valence-electron chi connectivity index (χ0n) is 12.6. The van der Waals surface area contributed by atoms with Crippen LogP contribution >= 0.6 is 0 Å². The third-order valence-electron chi connectivity index (χ3n) is 3.55. The van der Waals surface area contributed by atoms with Gasteiger partial charge in [-0.05, 0) is 39.2 Å². The van der Waals surface area contributed by atoms with Gasteiger partial charge in [-0.1, -0.05) is 6.92 Å². The van der Waals surface area contributed by atoms with E-state index >= 15 is 0 Å². The number of hydrogen-bond acceptors (Lipinski definition) is 3. The Kier molecular flexibility index (Phi) is 5.82. The molecule has 0 saturated carbocycles. The second-order valence-corrected chi connectivity index (χ2v) is 5.11. The SMILES string of the molecule is CCC(COC)NC(C)Cc1c(C)nn(C)c1C. The number of rotatable bonds is 7. The van der Waals surface area contributed by atoms with E-state index in [4.69, 9.17) is 4.74 Å². The van der Waals surface area contributed by atoms with Crippen LogP contribution in [0.5, 0.6) is 0 Å². The van der Waals surface area contributed by atoms with Crippen LogP contribution in [-0.2, 0) is 18.2 Å². The fourth-order valence-corrected chi connectivity index (χ4v) is 2.37. The van der Waals surface area contributed by atoms with Crippen LogP contribution in [0, 0.1) is 13.8 Å². The first-order chi connectivity index (χ1) is 8.49. The van der Waals surface area contributed by atoms with E-state index in [9.17, 15) is 0 Å². The molecule has 0 bridgehead atoms. The molecule has 0 aliphatic carbocycles. The number of methoxy groups -OCH3 is 1. The van der Waals surface area contributed by atoms with E-state index < -0.39 is 0 Å². The first-order valence-corrected chi connectivity index (χ1v) is 6.73. The van der Waals surface area contributed by atoms with Gasteiger partial charge in [0.1, 0.15) is 0 Å². The molecule has 0 spiro atoms. The summed E-state index contributed by atoms with van der Waals surface area (Å²) in [6.07, 6.45) is 2.11. The molecule has 0 aliphatic heterocycles. The van der Waals surface area contributed by atoms with Gasteiger partial charge >= 0.3 is 0 Å². The highest BCUT2D eigenvalue weighted by Gasteiger charge is 2.15. The highest BCUT2D eigenvalue weighted by Crippen LogP contribution is 2.14. The first-order valence-electron chi connectivity index (χ1n) is 6.73. The van der Waals surface area contributed by atoms with Crippen LogP contribution in [-0.4, -0.2) is 35.6 Å². The molecular formula is C14H27N3O. The van der Waals surface area contributed by atoms with Crippen LogP contribution in [0.1, 0.15) is 37.2 Å². The first kappa shape index (κ1) is 15.2. The molecule has 4 nitrogen and oxygen atoms in total. The summed E-state index contributed by atoms with van der Waals surface area (Å²) in [5.74, 6) is 0. The number of aryl methyl sites for hydroxylation is 2. The summed E-state index contributed by atoms with van der Waals surface area (Å²) in [5.41, 5.74) is 3.77. The zero-order valence-corrected chi connectivity index (χ0v) is 12.6. The molecule has 1 aromatic rings. The average Bonchev–Trinajstić information content (AvgIpc) is 2.55. The molecule has 0 radical (unpaired) electrons. The summed E-state index contributed by atoms with van der Waals surface area (Å²) in [4.78, 5) is 0. The van der Waals surface area contributed by atoms with Crippen molar-refractivity contribution >= 4 is 0 Å². The minimum Gasteiger partial charge on any atom is -0.383 e. The van der Waals surface area contributed by atoms with Crippen LogP contribution in [0.2, 0.25) is 0 Å². The number of aromatic nitrogens is 2. The summed E-state index contributed by atoms with van der Waals surface area (Å²) in [5, 5.41) is 8.08. The van der Waals surface area contributed by atoms with Crippen LogP contribution in [0.15, 0.2) is 0 Å². The second kappa shape index (κ2) is 6.90. The van der Waals surface area contributed by atoms with Crippen LogP contribution < -0.4 is 5.32 Å². The van der Waals surface area contributed by atoms with Crippen molar-refractivity contribution in [1.29, 1.82) is 0 Å². The zero-order chi connectivity index (χ0) is 13.7. The summed E-state index contributed by atoms with van der Waals surface area (Å²) >= 11 is 0. The van der Waals surface area contributed by atoms with Gasteiger partial charge in [-0.2, -0.15) is 5.10 Å². The topological polar surface area (TPSA) is 39.1 Å². The average molecular weight is 253 g/mol. The smallest absolute Gasteiger partial charge is 0.0628 e. The lowest BCUT2D eigenvalue weighted by Gasteiger charge is -2.21. The fraction of sp³-hybridized carbons (Fsp3) is 0.786. The predicted molar refractivity (Wildman–Crippen MR) is 74.9 cm³/mol. The summed E-state index contributed by atoms with van der Waals surface area (Å²) in [6.45, 7) is 9.40. The molecule has 1 aromatic heterocycles. The van der Waals surface area contributed by atoms with Gasteiger partial charge in [-0.15, -0.1) is 0 Å². The lowest BCUT2D eigenvalue weighted by molar-refractivity contribution is 0.159. The molecule has 1 rings (SSSR count). The Hall–Kier alpha value is -0.870. The molecule has 0 aliphatic rings. The van der Waals surface area contributed by atoms with Crippen LogP contribution in [0.25, 0.3) is 0 Å². The summed E-state index contributed by atoms with van der Waals surface area (Å²) < 4.78 is 7.18. The molecule has 0 fully saturated rings. The molecule has 18 heavy (non-hydrogen) atoms. The van der Waals surface area contributed by atoms with Gasteiger partial charge in [0.25, 0.3) is 0 Å². The Bertz CT molecular complexity index is 373. The Morgan fingerprint density at radius 1 is 1.39 bits per heavy atom. The number of nitrogens with one attached hydrogen (secondary N) is 1. The third kappa shape index (κ3) is 3.82. The van der Waals surface area contributed by atoms with Crippen molar-refractivity contribution in [2.45, 2.75) is 52.6 Å². The monoisotopic (exact) mass is 253 g/mol. The minimum atomic E-state index is 0.433. The summed E-state index contributed by atoms with van der Waals surface area (Å²) in [6, 6.07) is 0.869. The quantitative estimate of drug-likeness (QED) is 0.807. The minimum absolute atomic E-state index is 0.433. The molecule has 0 aromatic carbocycles. The third-order valence-corrected chi connectivity index (χ3v) is 3.55. The van der Waals surface area contributed by atoms with Gasteiger partial charge in [-0.3, -0.25) is 4.68 Å². The molecule has 0 saturated heterocycles. The summed E-state index contributed by atoms with van der Waals surface area (Å²) in [7, 11) is 3.76. The molecule has 2 atom stereocenters. The number of nitrogens with zero attached hydrogens (tertiary/aromatic N) is 2. The Balaban J connectivity index is 2.61. The van der Waals surface area contributed by atoms with Crippen molar-refractivity contribution in [3.8, 4) is 0 Å². The van der Waals surface area contributed by atoms with E-state index in [0.717, 1.165) is 25.1 Å². The maximum atomic E-state index is 5.22. The second-order valence-electron chi connectivity index (χ2n) is 5.11. The van der Waals surface area contributed by atoms with Gasteiger partial charge < -0.3 is 10.1 Å². The van der Waals surface area contributed by atoms with Gasteiger partial charge in [0, 0.05) is 31.9 Å². The van der Waals surface area contributed by atoms with E-state index in [2.05, 4.69) is 38.1 Å². The Morgan fingerprint density at radius 2 is 2.06 bits per heavy atom. The normalized spacial score (nSPS) is 14.8. The Labute approximate surface area is 111 Å². The van der Waals surface area contributed by atoms with E-state index in [1.54, 1.807) is 7.11 Å². The molecule has 0 amide bonds. The van der Waals surface area contributed by atoms with E-state index in [1.807, 2.05) is 11.7 Å². The predicted octanol–water partition coefficient (Wildman–Crippen LogP) is 1.98. The largest absolute Gasteiger partial charge is 0.383 e.